The summed E-state index contributed by atoms with van der Waals surface area (Å²) in [6.45, 7) is 3.91. The van der Waals surface area contributed by atoms with Crippen LogP contribution in [0.4, 0.5) is 5.69 Å². The maximum absolute atomic E-state index is 13.2. The van der Waals surface area contributed by atoms with Crippen LogP contribution in [-0.2, 0) is 9.59 Å². The van der Waals surface area contributed by atoms with E-state index in [1.165, 1.54) is 11.8 Å². The summed E-state index contributed by atoms with van der Waals surface area (Å²) >= 11 is 13.3. The summed E-state index contributed by atoms with van der Waals surface area (Å²) in [4.78, 5) is 27.7. The summed E-state index contributed by atoms with van der Waals surface area (Å²) in [6.07, 6.45) is 1.73. The third-order valence-corrected chi connectivity index (χ3v) is 7.14. The molecule has 1 aliphatic rings. The van der Waals surface area contributed by atoms with Crippen LogP contribution in [0.2, 0.25) is 5.02 Å². The smallest absolute Gasteiger partial charge is 0.266 e. The monoisotopic (exact) mass is 552 g/mol. The second-order valence-corrected chi connectivity index (χ2v) is 10.2. The number of halogens is 1. The van der Waals surface area contributed by atoms with E-state index in [0.29, 0.717) is 32.8 Å². The highest BCUT2D eigenvalue weighted by Crippen LogP contribution is 2.41. The Labute approximate surface area is 230 Å². The quantitative estimate of drug-likeness (QED) is 0.235. The molecule has 1 heterocycles. The number of anilines is 1. The van der Waals surface area contributed by atoms with Crippen LogP contribution in [0, 0.1) is 0 Å². The predicted molar refractivity (Wildman–Crippen MR) is 153 cm³/mol. The van der Waals surface area contributed by atoms with Crippen molar-refractivity contribution in [2.24, 2.45) is 0 Å². The normalized spacial score (nSPS) is 15.1. The molecule has 0 saturated carbocycles. The molecule has 37 heavy (non-hydrogen) atoms. The Balaban J connectivity index is 1.52. The zero-order valence-electron chi connectivity index (χ0n) is 20.3. The lowest BCUT2D eigenvalue weighted by atomic mass is 10.1. The molecule has 3 aromatic carbocycles. The number of carbonyl (C=O) groups is 2. The van der Waals surface area contributed by atoms with Crippen LogP contribution in [-0.4, -0.2) is 34.2 Å². The van der Waals surface area contributed by atoms with Crippen molar-refractivity contribution in [3.63, 3.8) is 0 Å². The number of benzene rings is 3. The minimum absolute atomic E-state index is 0.168. The fourth-order valence-corrected chi connectivity index (χ4v) is 5.47. The van der Waals surface area contributed by atoms with Gasteiger partial charge in [0.05, 0.1) is 22.6 Å². The molecule has 1 aliphatic heterocycles. The summed E-state index contributed by atoms with van der Waals surface area (Å²) < 4.78 is 12.0. The largest absolute Gasteiger partial charge is 0.490 e. The standard InChI is InChI=1S/C28H25ClN2O4S2/c1-3-34-23-15-19(14-22(29)26(23)35-17-25(32)30-21-12-8-5-9-13-21)16-24-27(33)31(28(36)37-24)18(2)20-10-6-4-7-11-20/h4-16,18H,3,17H2,1-2H3,(H,30,32)/b24-16-/t18-/m1/s1. The number of hydrogen-bond acceptors (Lipinski definition) is 6. The highest BCUT2D eigenvalue weighted by Gasteiger charge is 2.36. The number of hydrogen-bond donors (Lipinski definition) is 1. The number of rotatable bonds is 9. The third kappa shape index (κ3) is 6.52. The molecule has 1 fully saturated rings. The average molecular weight is 553 g/mol. The maximum atomic E-state index is 13.2. The molecule has 9 heteroatoms. The molecule has 0 unspecified atom stereocenters. The van der Waals surface area contributed by atoms with Gasteiger partial charge in [0, 0.05) is 5.69 Å². The van der Waals surface area contributed by atoms with Gasteiger partial charge in [-0.05, 0) is 55.3 Å². The van der Waals surface area contributed by atoms with Gasteiger partial charge in [0.1, 0.15) is 4.32 Å². The van der Waals surface area contributed by atoms with E-state index in [1.54, 1.807) is 35.2 Å². The SMILES string of the molecule is CCOc1cc(/C=C2\SC(=S)N([C@H](C)c3ccccc3)C2=O)cc(Cl)c1OCC(=O)Nc1ccccc1. The molecule has 0 radical (unpaired) electrons. The number of nitrogens with zero attached hydrogens (tertiary/aromatic N) is 1. The van der Waals surface area contributed by atoms with Crippen molar-refractivity contribution in [3.05, 3.63) is 93.9 Å². The lowest BCUT2D eigenvalue weighted by Gasteiger charge is -2.23. The van der Waals surface area contributed by atoms with Crippen LogP contribution in [0.5, 0.6) is 11.5 Å². The van der Waals surface area contributed by atoms with Gasteiger partial charge in [-0.1, -0.05) is 84.1 Å². The average Bonchev–Trinajstić information content (AvgIpc) is 3.16. The zero-order chi connectivity index (χ0) is 26.4. The second kappa shape index (κ2) is 12.3. The van der Waals surface area contributed by atoms with E-state index in [4.69, 9.17) is 33.3 Å². The topological polar surface area (TPSA) is 67.9 Å². The third-order valence-electron chi connectivity index (χ3n) is 5.53. The number of thiocarbonyl (C=S) groups is 1. The predicted octanol–water partition coefficient (Wildman–Crippen LogP) is 6.72. The number of carbonyl (C=O) groups excluding carboxylic acids is 2. The van der Waals surface area contributed by atoms with Gasteiger partial charge in [-0.3, -0.25) is 14.5 Å². The highest BCUT2D eigenvalue weighted by atomic mass is 35.5. The number of amides is 2. The Morgan fingerprint density at radius 3 is 2.46 bits per heavy atom. The van der Waals surface area contributed by atoms with Crippen LogP contribution in [0.3, 0.4) is 0 Å². The molecule has 1 atom stereocenters. The maximum Gasteiger partial charge on any atom is 0.266 e. The van der Waals surface area contributed by atoms with Crippen molar-refractivity contribution in [2.75, 3.05) is 18.5 Å². The van der Waals surface area contributed by atoms with E-state index < -0.39 is 0 Å². The summed E-state index contributed by atoms with van der Waals surface area (Å²) in [5.74, 6) is 0.138. The van der Waals surface area contributed by atoms with Crippen molar-refractivity contribution in [1.29, 1.82) is 0 Å². The molecule has 0 bridgehead atoms. The number of ether oxygens (including phenoxy) is 2. The van der Waals surface area contributed by atoms with E-state index >= 15 is 0 Å². The van der Waals surface area contributed by atoms with Crippen molar-refractivity contribution in [2.45, 2.75) is 19.9 Å². The first-order valence-corrected chi connectivity index (χ1v) is 13.2. The van der Waals surface area contributed by atoms with Gasteiger partial charge >= 0.3 is 0 Å². The number of thioether (sulfide) groups is 1. The fraction of sp³-hybridized carbons (Fsp3) is 0.179. The molecule has 6 nitrogen and oxygen atoms in total. The van der Waals surface area contributed by atoms with Crippen LogP contribution < -0.4 is 14.8 Å². The van der Waals surface area contributed by atoms with Crippen LogP contribution >= 0.6 is 35.6 Å². The lowest BCUT2D eigenvalue weighted by Crippen LogP contribution is -2.30. The first-order chi connectivity index (χ1) is 17.9. The number of nitrogens with one attached hydrogen (secondary N) is 1. The van der Waals surface area contributed by atoms with E-state index in [0.717, 1.165) is 5.56 Å². The van der Waals surface area contributed by atoms with E-state index in [1.807, 2.05) is 62.4 Å². The summed E-state index contributed by atoms with van der Waals surface area (Å²) in [5, 5.41) is 3.02. The first-order valence-electron chi connectivity index (χ1n) is 11.6. The molecule has 0 aliphatic carbocycles. The van der Waals surface area contributed by atoms with E-state index in [2.05, 4.69) is 5.32 Å². The Kier molecular flexibility index (Phi) is 8.87. The molecule has 190 valence electrons. The van der Waals surface area contributed by atoms with Gasteiger partial charge in [0.2, 0.25) is 0 Å². The molecule has 4 rings (SSSR count). The van der Waals surface area contributed by atoms with Gasteiger partial charge in [0.15, 0.2) is 18.1 Å². The summed E-state index contributed by atoms with van der Waals surface area (Å²) in [6, 6.07) is 22.0. The Morgan fingerprint density at radius 2 is 1.78 bits per heavy atom. The molecule has 2 amide bonds. The van der Waals surface area contributed by atoms with Crippen molar-refractivity contribution in [1.82, 2.24) is 4.90 Å². The Bertz CT molecular complexity index is 1330. The minimum atomic E-state index is -0.329. The Morgan fingerprint density at radius 1 is 1.11 bits per heavy atom. The van der Waals surface area contributed by atoms with Crippen molar-refractivity contribution < 1.29 is 19.1 Å². The highest BCUT2D eigenvalue weighted by molar-refractivity contribution is 8.26. The fourth-order valence-electron chi connectivity index (χ4n) is 3.78. The summed E-state index contributed by atoms with van der Waals surface area (Å²) in [5.41, 5.74) is 2.32. The lowest BCUT2D eigenvalue weighted by molar-refractivity contribution is -0.123. The molecular formula is C28H25ClN2O4S2. The van der Waals surface area contributed by atoms with Crippen LogP contribution in [0.1, 0.15) is 31.0 Å². The van der Waals surface area contributed by atoms with E-state index in [9.17, 15) is 9.59 Å². The van der Waals surface area contributed by atoms with Crippen LogP contribution in [0.25, 0.3) is 6.08 Å². The van der Waals surface area contributed by atoms with Gasteiger partial charge in [-0.25, -0.2) is 0 Å². The molecule has 0 spiro atoms. The Hall–Kier alpha value is -3.33. The van der Waals surface area contributed by atoms with Crippen molar-refractivity contribution >= 4 is 63.5 Å². The first kappa shape index (κ1) is 26.7. The molecule has 1 N–H and O–H groups in total. The molecular weight excluding hydrogens is 528 g/mol. The molecule has 0 aromatic heterocycles. The second-order valence-electron chi connectivity index (χ2n) is 8.10. The number of para-hydroxylation sites is 1. The summed E-state index contributed by atoms with van der Waals surface area (Å²) in [7, 11) is 0. The zero-order valence-corrected chi connectivity index (χ0v) is 22.7. The minimum Gasteiger partial charge on any atom is -0.490 e. The molecule has 1 saturated heterocycles. The van der Waals surface area contributed by atoms with Gasteiger partial charge in [-0.15, -0.1) is 0 Å². The van der Waals surface area contributed by atoms with Gasteiger partial charge < -0.3 is 14.8 Å². The van der Waals surface area contributed by atoms with Crippen LogP contribution in [0.15, 0.2) is 77.7 Å². The molecule has 3 aromatic rings. The van der Waals surface area contributed by atoms with Crippen molar-refractivity contribution in [3.8, 4) is 11.5 Å². The van der Waals surface area contributed by atoms with E-state index in [-0.39, 0.29) is 35.2 Å². The van der Waals surface area contributed by atoms with Gasteiger partial charge in [0.25, 0.3) is 11.8 Å². The van der Waals surface area contributed by atoms with Gasteiger partial charge in [-0.2, -0.15) is 0 Å².